The molecule has 1 heterocycles. The van der Waals surface area contributed by atoms with Crippen molar-refractivity contribution in [3.05, 3.63) is 0 Å². The minimum atomic E-state index is 0.746. The molecule has 0 N–H and O–H groups in total. The van der Waals surface area contributed by atoms with Crippen LogP contribution in [0.3, 0.4) is 0 Å². The van der Waals surface area contributed by atoms with E-state index in [1.807, 2.05) is 23.5 Å². The van der Waals surface area contributed by atoms with Crippen LogP contribution in [0.25, 0.3) is 0 Å². The zero-order chi connectivity index (χ0) is 12.7. The first kappa shape index (κ1) is 17.4. The number of thioether (sulfide) groups is 4. The molecule has 1 rings (SSSR count). The van der Waals surface area contributed by atoms with E-state index in [4.69, 9.17) is 9.47 Å². The number of hydrogen-bond acceptors (Lipinski definition) is 6. The third kappa shape index (κ3) is 12.4. The van der Waals surface area contributed by atoms with Gasteiger partial charge in [-0.05, 0) is 0 Å². The van der Waals surface area contributed by atoms with E-state index in [0.29, 0.717) is 0 Å². The summed E-state index contributed by atoms with van der Waals surface area (Å²) in [4.78, 5) is 0. The van der Waals surface area contributed by atoms with Crippen molar-refractivity contribution in [3.8, 4) is 0 Å². The van der Waals surface area contributed by atoms with Crippen molar-refractivity contribution in [3.63, 3.8) is 0 Å². The minimum absolute atomic E-state index is 0.746. The summed E-state index contributed by atoms with van der Waals surface area (Å²) in [7, 11) is 0. The molecule has 18 heavy (non-hydrogen) atoms. The largest absolute Gasteiger partial charge is 0.378 e. The van der Waals surface area contributed by atoms with E-state index in [1.54, 1.807) is 0 Å². The number of rotatable bonds is 0. The maximum Gasteiger partial charge on any atom is 0.0700 e. The summed E-state index contributed by atoms with van der Waals surface area (Å²) in [5.41, 5.74) is 0. The maximum atomic E-state index is 5.52. The highest BCUT2D eigenvalue weighted by atomic mass is 32.2. The highest BCUT2D eigenvalue weighted by Gasteiger charge is 1.96. The molecule has 0 aliphatic carbocycles. The molecule has 0 bridgehead atoms. The molecule has 0 atom stereocenters. The van der Waals surface area contributed by atoms with E-state index in [1.165, 1.54) is 34.5 Å². The van der Waals surface area contributed by atoms with Crippen LogP contribution < -0.4 is 0 Å². The van der Waals surface area contributed by atoms with Crippen LogP contribution in [0, 0.1) is 0 Å². The molecule has 0 unspecified atom stereocenters. The van der Waals surface area contributed by atoms with Gasteiger partial charge >= 0.3 is 0 Å². The summed E-state index contributed by atoms with van der Waals surface area (Å²) < 4.78 is 11.0. The Morgan fingerprint density at radius 3 is 1.11 bits per heavy atom. The fourth-order valence-electron chi connectivity index (χ4n) is 1.32. The fourth-order valence-corrected chi connectivity index (χ4v) is 5.44. The maximum absolute atomic E-state index is 5.52. The van der Waals surface area contributed by atoms with Crippen LogP contribution >= 0.6 is 47.0 Å². The second kappa shape index (κ2) is 14.7. The molecule has 2 nitrogen and oxygen atoms in total. The van der Waals surface area contributed by atoms with Crippen molar-refractivity contribution in [2.45, 2.75) is 0 Å². The topological polar surface area (TPSA) is 18.5 Å². The van der Waals surface area contributed by atoms with E-state index in [-0.39, 0.29) is 0 Å². The molecular weight excluding hydrogens is 304 g/mol. The molecular formula is C12H24O2S4. The molecule has 0 spiro atoms. The normalized spacial score (nSPS) is 24.0. The molecule has 0 saturated carbocycles. The van der Waals surface area contributed by atoms with Gasteiger partial charge in [-0.15, -0.1) is 0 Å². The quantitative estimate of drug-likeness (QED) is 0.676. The van der Waals surface area contributed by atoms with E-state index >= 15 is 0 Å². The Kier molecular flexibility index (Phi) is 14.2. The van der Waals surface area contributed by atoms with Gasteiger partial charge in [0.2, 0.25) is 0 Å². The lowest BCUT2D eigenvalue weighted by molar-refractivity contribution is 0.0605. The lowest BCUT2D eigenvalue weighted by Gasteiger charge is -2.07. The van der Waals surface area contributed by atoms with Crippen molar-refractivity contribution >= 4 is 47.0 Å². The van der Waals surface area contributed by atoms with Crippen LogP contribution in [0.5, 0.6) is 0 Å². The van der Waals surface area contributed by atoms with Crippen LogP contribution in [0.4, 0.5) is 0 Å². The standard InChI is InChI=1S/C12H24O2S4/c1-2-14-4-6-16-8-10-18-12-11-17-9-7-15-5-3-13-1/h1-12H2. The van der Waals surface area contributed by atoms with Gasteiger partial charge in [0.05, 0.1) is 26.4 Å². The zero-order valence-electron chi connectivity index (χ0n) is 10.9. The van der Waals surface area contributed by atoms with Gasteiger partial charge in [0, 0.05) is 46.0 Å². The second-order valence-corrected chi connectivity index (χ2v) is 8.57. The first-order chi connectivity index (χ1) is 9.00. The Morgan fingerprint density at radius 2 is 0.722 bits per heavy atom. The van der Waals surface area contributed by atoms with E-state index in [2.05, 4.69) is 23.5 Å². The van der Waals surface area contributed by atoms with Gasteiger partial charge in [0.15, 0.2) is 0 Å². The van der Waals surface area contributed by atoms with E-state index in [9.17, 15) is 0 Å². The average Bonchev–Trinajstić information content (AvgIpc) is 2.39. The van der Waals surface area contributed by atoms with Crippen molar-refractivity contribution < 1.29 is 9.47 Å². The van der Waals surface area contributed by atoms with Crippen molar-refractivity contribution in [2.75, 3.05) is 72.5 Å². The zero-order valence-corrected chi connectivity index (χ0v) is 14.2. The van der Waals surface area contributed by atoms with Gasteiger partial charge in [-0.25, -0.2) is 0 Å². The molecule has 108 valence electrons. The SMILES string of the molecule is C1COCCSCCSCCSCCSCCO1. The van der Waals surface area contributed by atoms with Gasteiger partial charge in [-0.3, -0.25) is 0 Å². The molecule has 0 amide bonds. The van der Waals surface area contributed by atoms with Gasteiger partial charge in [-0.1, -0.05) is 0 Å². The Hall–Kier alpha value is 1.32. The second-order valence-electron chi connectivity index (χ2n) is 3.67. The van der Waals surface area contributed by atoms with Crippen LogP contribution in [0.2, 0.25) is 0 Å². The van der Waals surface area contributed by atoms with Gasteiger partial charge in [0.1, 0.15) is 0 Å². The summed E-state index contributed by atoms with van der Waals surface area (Å²) in [5.74, 6) is 9.91. The number of hydrogen-bond donors (Lipinski definition) is 0. The first-order valence-electron chi connectivity index (χ1n) is 6.46. The van der Waals surface area contributed by atoms with Gasteiger partial charge < -0.3 is 9.47 Å². The van der Waals surface area contributed by atoms with Crippen molar-refractivity contribution in [1.82, 2.24) is 0 Å². The third-order valence-electron chi connectivity index (χ3n) is 2.23. The smallest absolute Gasteiger partial charge is 0.0700 e. The van der Waals surface area contributed by atoms with Crippen LogP contribution in [0.15, 0.2) is 0 Å². The predicted octanol–water partition coefficient (Wildman–Crippen LogP) is 2.97. The van der Waals surface area contributed by atoms with Crippen molar-refractivity contribution in [1.29, 1.82) is 0 Å². The Bertz CT molecular complexity index is 97.1. The molecule has 0 aromatic heterocycles. The summed E-state index contributed by atoms with van der Waals surface area (Å²) in [6.07, 6.45) is 0. The third-order valence-corrected chi connectivity index (χ3v) is 6.87. The summed E-state index contributed by atoms with van der Waals surface area (Å²) in [5, 5.41) is 0. The summed E-state index contributed by atoms with van der Waals surface area (Å²) in [6.45, 7) is 3.22. The molecule has 1 aliphatic rings. The van der Waals surface area contributed by atoms with Gasteiger partial charge in [-0.2, -0.15) is 47.0 Å². The first-order valence-corrected chi connectivity index (χ1v) is 11.1. The molecule has 0 aromatic carbocycles. The Balaban J connectivity index is 2.00. The van der Waals surface area contributed by atoms with Crippen LogP contribution in [0.1, 0.15) is 0 Å². The Morgan fingerprint density at radius 1 is 0.389 bits per heavy atom. The lowest BCUT2D eigenvalue weighted by Crippen LogP contribution is -2.08. The van der Waals surface area contributed by atoms with E-state index in [0.717, 1.165) is 37.9 Å². The highest BCUT2D eigenvalue weighted by molar-refractivity contribution is 8.05. The molecule has 0 radical (unpaired) electrons. The Labute approximate surface area is 128 Å². The molecule has 1 saturated heterocycles. The molecule has 1 fully saturated rings. The van der Waals surface area contributed by atoms with Crippen LogP contribution in [-0.4, -0.2) is 72.5 Å². The van der Waals surface area contributed by atoms with E-state index < -0.39 is 0 Å². The molecule has 0 aromatic rings. The molecule has 1 aliphatic heterocycles. The minimum Gasteiger partial charge on any atom is -0.378 e. The summed E-state index contributed by atoms with van der Waals surface area (Å²) in [6, 6.07) is 0. The van der Waals surface area contributed by atoms with Crippen molar-refractivity contribution in [2.24, 2.45) is 0 Å². The lowest BCUT2D eigenvalue weighted by atomic mass is 10.7. The average molecular weight is 329 g/mol. The van der Waals surface area contributed by atoms with Crippen LogP contribution in [-0.2, 0) is 9.47 Å². The van der Waals surface area contributed by atoms with Gasteiger partial charge in [0.25, 0.3) is 0 Å². The predicted molar refractivity (Wildman–Crippen MR) is 90.9 cm³/mol. The summed E-state index contributed by atoms with van der Waals surface area (Å²) >= 11 is 8.17. The number of ether oxygens (including phenoxy) is 2. The molecule has 6 heteroatoms. The highest BCUT2D eigenvalue weighted by Crippen LogP contribution is 2.12. The monoisotopic (exact) mass is 328 g/mol. The fraction of sp³-hybridized carbons (Fsp3) is 1.00.